The van der Waals surface area contributed by atoms with E-state index in [0.717, 1.165) is 0 Å². The number of aromatic nitrogens is 1. The molecular weight excluding hydrogens is 168 g/mol. The lowest BCUT2D eigenvalue weighted by Crippen LogP contribution is -2.16. The first-order valence-electron chi connectivity index (χ1n) is 3.78. The summed E-state index contributed by atoms with van der Waals surface area (Å²) < 4.78 is 1.38. The highest BCUT2D eigenvalue weighted by atomic mass is 16.3. The maximum atomic E-state index is 11.4. The van der Waals surface area contributed by atoms with Crippen molar-refractivity contribution >= 4 is 11.2 Å². The first-order valence-corrected chi connectivity index (χ1v) is 3.78. The summed E-state index contributed by atoms with van der Waals surface area (Å²) in [7, 11) is 0. The maximum Gasteiger partial charge on any atom is 0.278 e. The van der Waals surface area contributed by atoms with Crippen LogP contribution in [-0.2, 0) is 0 Å². The molecule has 0 fully saturated rings. The second-order valence-electron chi connectivity index (χ2n) is 2.77. The number of nitrogens with two attached hydrogens (primary N) is 1. The molecule has 0 aliphatic carbocycles. The van der Waals surface area contributed by atoms with Gasteiger partial charge in [0.05, 0.1) is 11.2 Å². The zero-order chi connectivity index (χ0) is 9.42. The number of anilines is 1. The molecule has 2 aromatic heterocycles. The van der Waals surface area contributed by atoms with Crippen molar-refractivity contribution in [2.24, 2.45) is 0 Å². The Morgan fingerprint density at radius 1 is 1.31 bits per heavy atom. The second kappa shape index (κ2) is 2.52. The van der Waals surface area contributed by atoms with Crippen LogP contribution in [0.2, 0.25) is 0 Å². The molecule has 0 saturated carbocycles. The summed E-state index contributed by atoms with van der Waals surface area (Å²) in [4.78, 5) is 11.4. The van der Waals surface area contributed by atoms with Crippen LogP contribution >= 0.6 is 0 Å². The normalized spacial score (nSPS) is 10.5. The quantitative estimate of drug-likeness (QED) is 0.617. The van der Waals surface area contributed by atoms with Crippen molar-refractivity contribution in [3.63, 3.8) is 0 Å². The van der Waals surface area contributed by atoms with Crippen LogP contribution < -0.4 is 11.3 Å². The summed E-state index contributed by atoms with van der Waals surface area (Å²) in [6.07, 6.45) is 1.49. The average Bonchev–Trinajstić information content (AvgIpc) is 2.12. The number of aromatic hydroxyl groups is 1. The van der Waals surface area contributed by atoms with Crippen LogP contribution in [0.25, 0.3) is 5.52 Å². The van der Waals surface area contributed by atoms with Gasteiger partial charge in [0.25, 0.3) is 5.56 Å². The molecule has 0 atom stereocenters. The predicted octanol–water partition coefficient (Wildman–Crippen LogP) is 0.587. The van der Waals surface area contributed by atoms with E-state index < -0.39 is 0 Å². The molecule has 0 amide bonds. The minimum Gasteiger partial charge on any atom is -0.508 e. The summed E-state index contributed by atoms with van der Waals surface area (Å²) in [5, 5.41) is 9.14. The van der Waals surface area contributed by atoms with E-state index in [1.54, 1.807) is 6.07 Å². The number of fused-ring (bicyclic) bond motifs is 1. The van der Waals surface area contributed by atoms with E-state index >= 15 is 0 Å². The Hall–Kier alpha value is -1.97. The van der Waals surface area contributed by atoms with Crippen molar-refractivity contribution in [2.45, 2.75) is 0 Å². The largest absolute Gasteiger partial charge is 0.508 e. The molecular formula is C9H8N2O2. The van der Waals surface area contributed by atoms with Gasteiger partial charge in [-0.25, -0.2) is 0 Å². The van der Waals surface area contributed by atoms with E-state index in [1.165, 1.54) is 28.8 Å². The molecule has 0 aromatic carbocycles. The van der Waals surface area contributed by atoms with E-state index in [0.29, 0.717) is 5.52 Å². The molecule has 0 bridgehead atoms. The van der Waals surface area contributed by atoms with Crippen molar-refractivity contribution < 1.29 is 5.11 Å². The lowest BCUT2D eigenvalue weighted by molar-refractivity contribution is 0.475. The third-order valence-corrected chi connectivity index (χ3v) is 1.87. The molecule has 3 N–H and O–H groups in total. The molecule has 2 heterocycles. The SMILES string of the molecule is Nc1ccc2cc(O)ccn2c1=O. The molecule has 13 heavy (non-hydrogen) atoms. The summed E-state index contributed by atoms with van der Waals surface area (Å²) in [6.45, 7) is 0. The Labute approximate surface area is 73.9 Å². The highest BCUT2D eigenvalue weighted by Gasteiger charge is 1.99. The van der Waals surface area contributed by atoms with Crippen LogP contribution in [0.5, 0.6) is 5.75 Å². The fraction of sp³-hybridized carbons (Fsp3) is 0. The van der Waals surface area contributed by atoms with Crippen molar-refractivity contribution in [2.75, 3.05) is 5.73 Å². The van der Waals surface area contributed by atoms with Crippen LogP contribution in [0.15, 0.2) is 35.3 Å². The standard InChI is InChI=1S/C9H8N2O2/c10-8-2-1-6-5-7(12)3-4-11(6)9(8)13/h1-5,12H,10H2. The Morgan fingerprint density at radius 3 is 2.85 bits per heavy atom. The molecule has 2 rings (SSSR count). The van der Waals surface area contributed by atoms with Gasteiger partial charge in [0.15, 0.2) is 0 Å². The Morgan fingerprint density at radius 2 is 2.08 bits per heavy atom. The minimum atomic E-state index is -0.266. The Bertz CT molecular complexity index is 516. The number of rotatable bonds is 0. The lowest BCUT2D eigenvalue weighted by Gasteiger charge is -2.01. The third-order valence-electron chi connectivity index (χ3n) is 1.87. The van der Waals surface area contributed by atoms with Crippen LogP contribution in [-0.4, -0.2) is 9.51 Å². The van der Waals surface area contributed by atoms with E-state index in [-0.39, 0.29) is 17.0 Å². The zero-order valence-electron chi connectivity index (χ0n) is 6.77. The van der Waals surface area contributed by atoms with Crippen molar-refractivity contribution in [3.05, 3.63) is 40.8 Å². The van der Waals surface area contributed by atoms with E-state index in [9.17, 15) is 4.79 Å². The van der Waals surface area contributed by atoms with E-state index in [1.807, 2.05) is 0 Å². The van der Waals surface area contributed by atoms with Crippen molar-refractivity contribution in [1.82, 2.24) is 4.40 Å². The molecule has 0 aliphatic rings. The summed E-state index contributed by atoms with van der Waals surface area (Å²) in [5.41, 5.74) is 5.98. The van der Waals surface area contributed by atoms with Gasteiger partial charge < -0.3 is 10.8 Å². The van der Waals surface area contributed by atoms with Crippen LogP contribution in [0.4, 0.5) is 5.69 Å². The fourth-order valence-electron chi connectivity index (χ4n) is 1.21. The van der Waals surface area contributed by atoms with E-state index in [4.69, 9.17) is 10.8 Å². The van der Waals surface area contributed by atoms with Crippen LogP contribution in [0.3, 0.4) is 0 Å². The Kier molecular flexibility index (Phi) is 1.48. The van der Waals surface area contributed by atoms with Gasteiger partial charge in [-0.1, -0.05) is 0 Å². The van der Waals surface area contributed by atoms with Gasteiger partial charge in [-0.3, -0.25) is 9.20 Å². The first-order chi connectivity index (χ1) is 6.18. The Balaban J connectivity index is 2.95. The highest BCUT2D eigenvalue weighted by Crippen LogP contribution is 2.11. The molecule has 0 spiro atoms. The molecule has 4 nitrogen and oxygen atoms in total. The van der Waals surface area contributed by atoms with Crippen LogP contribution in [0, 0.1) is 0 Å². The molecule has 2 aromatic rings. The molecule has 0 saturated heterocycles. The van der Waals surface area contributed by atoms with E-state index in [2.05, 4.69) is 0 Å². The third kappa shape index (κ3) is 1.12. The number of hydrogen-bond donors (Lipinski definition) is 2. The highest BCUT2D eigenvalue weighted by molar-refractivity contribution is 5.54. The number of nitrogen functional groups attached to an aromatic ring is 1. The molecule has 0 unspecified atom stereocenters. The number of hydrogen-bond acceptors (Lipinski definition) is 3. The summed E-state index contributed by atoms with van der Waals surface area (Å²) in [6, 6.07) is 6.14. The van der Waals surface area contributed by atoms with Gasteiger partial charge in [-0.15, -0.1) is 0 Å². The zero-order valence-corrected chi connectivity index (χ0v) is 6.77. The van der Waals surface area contributed by atoms with Crippen molar-refractivity contribution in [1.29, 1.82) is 0 Å². The molecule has 0 radical (unpaired) electrons. The summed E-state index contributed by atoms with van der Waals surface area (Å²) in [5.74, 6) is 0.129. The predicted molar refractivity (Wildman–Crippen MR) is 49.7 cm³/mol. The number of pyridine rings is 2. The summed E-state index contributed by atoms with van der Waals surface area (Å²) >= 11 is 0. The monoisotopic (exact) mass is 176 g/mol. The molecule has 4 heteroatoms. The average molecular weight is 176 g/mol. The van der Waals surface area contributed by atoms with Gasteiger partial charge in [0.1, 0.15) is 5.75 Å². The van der Waals surface area contributed by atoms with Gasteiger partial charge in [0.2, 0.25) is 0 Å². The minimum absolute atomic E-state index is 0.129. The van der Waals surface area contributed by atoms with Gasteiger partial charge in [0, 0.05) is 12.3 Å². The molecule has 66 valence electrons. The fourth-order valence-corrected chi connectivity index (χ4v) is 1.21. The van der Waals surface area contributed by atoms with Crippen LogP contribution in [0.1, 0.15) is 0 Å². The second-order valence-corrected chi connectivity index (χ2v) is 2.77. The lowest BCUT2D eigenvalue weighted by atomic mass is 10.3. The van der Waals surface area contributed by atoms with Gasteiger partial charge in [-0.05, 0) is 18.2 Å². The van der Waals surface area contributed by atoms with Crippen molar-refractivity contribution in [3.8, 4) is 5.75 Å². The smallest absolute Gasteiger partial charge is 0.278 e. The topological polar surface area (TPSA) is 67.7 Å². The number of nitrogens with zero attached hydrogens (tertiary/aromatic N) is 1. The first kappa shape index (κ1) is 7.67. The molecule has 0 aliphatic heterocycles. The van der Waals surface area contributed by atoms with Gasteiger partial charge >= 0.3 is 0 Å². The maximum absolute atomic E-state index is 11.4. The van der Waals surface area contributed by atoms with Gasteiger partial charge in [-0.2, -0.15) is 0 Å².